The van der Waals surface area contributed by atoms with E-state index < -0.39 is 24.2 Å². The Labute approximate surface area is 196 Å². The molecule has 2 unspecified atom stereocenters. The minimum atomic E-state index is -4.62. The molecule has 9 heteroatoms. The number of morpholine rings is 1. The van der Waals surface area contributed by atoms with E-state index in [4.69, 9.17) is 13.9 Å². The van der Waals surface area contributed by atoms with Gasteiger partial charge in [-0.2, -0.15) is 13.2 Å². The Bertz CT molecular complexity index is 1150. The molecule has 0 spiro atoms. The molecule has 1 saturated heterocycles. The van der Waals surface area contributed by atoms with Gasteiger partial charge in [0.05, 0.1) is 20.3 Å². The number of rotatable bonds is 7. The summed E-state index contributed by atoms with van der Waals surface area (Å²) < 4.78 is 58.3. The zero-order valence-electron chi connectivity index (χ0n) is 19.4. The first kappa shape index (κ1) is 24.3. The maximum absolute atomic E-state index is 14.1. The summed E-state index contributed by atoms with van der Waals surface area (Å²) in [6.07, 6.45) is -4.40. The first-order valence-electron chi connectivity index (χ1n) is 11.4. The summed E-state index contributed by atoms with van der Waals surface area (Å²) in [5.74, 6) is -0.715. The van der Waals surface area contributed by atoms with Gasteiger partial charge in [0.2, 0.25) is 0 Å². The van der Waals surface area contributed by atoms with Gasteiger partial charge < -0.3 is 18.8 Å². The van der Waals surface area contributed by atoms with E-state index in [2.05, 4.69) is 10.2 Å². The monoisotopic (exact) mass is 478 g/mol. The third kappa shape index (κ3) is 5.15. The van der Waals surface area contributed by atoms with Crippen molar-refractivity contribution in [3.8, 4) is 0 Å². The highest BCUT2D eigenvalue weighted by Gasteiger charge is 2.43. The Balaban J connectivity index is 1.69. The second-order valence-corrected chi connectivity index (χ2v) is 8.98. The number of carbonyl (C=O) groups excluding carboxylic acids is 1. The highest BCUT2D eigenvalue weighted by molar-refractivity contribution is 6.06. The van der Waals surface area contributed by atoms with E-state index in [9.17, 15) is 18.0 Å². The SMILES string of the molecule is COC(=O)C(CC(C)C)NC(c1ccc2c(c1)oc1ccc(N3CCOCC3)cc12)C(F)(F)F. The summed E-state index contributed by atoms with van der Waals surface area (Å²) in [5, 5.41) is 4.06. The molecule has 184 valence electrons. The smallest absolute Gasteiger partial charge is 0.407 e. The molecule has 1 aliphatic heterocycles. The summed E-state index contributed by atoms with van der Waals surface area (Å²) in [6, 6.07) is 7.15. The van der Waals surface area contributed by atoms with Crippen molar-refractivity contribution in [3.05, 3.63) is 42.0 Å². The van der Waals surface area contributed by atoms with Gasteiger partial charge in [-0.05, 0) is 42.2 Å². The van der Waals surface area contributed by atoms with Crippen LogP contribution in [0.25, 0.3) is 21.9 Å². The van der Waals surface area contributed by atoms with Crippen LogP contribution in [0.15, 0.2) is 40.8 Å². The highest BCUT2D eigenvalue weighted by atomic mass is 19.4. The number of hydrogen-bond acceptors (Lipinski definition) is 6. The van der Waals surface area contributed by atoms with Gasteiger partial charge in [-0.25, -0.2) is 0 Å². The van der Waals surface area contributed by atoms with Gasteiger partial charge in [0.1, 0.15) is 23.2 Å². The summed E-state index contributed by atoms with van der Waals surface area (Å²) in [7, 11) is 1.17. The lowest BCUT2D eigenvalue weighted by Crippen LogP contribution is -2.45. The maximum atomic E-state index is 14.1. The highest BCUT2D eigenvalue weighted by Crippen LogP contribution is 2.38. The van der Waals surface area contributed by atoms with Gasteiger partial charge in [-0.1, -0.05) is 26.0 Å². The van der Waals surface area contributed by atoms with Crippen LogP contribution in [0.3, 0.4) is 0 Å². The van der Waals surface area contributed by atoms with E-state index in [0.29, 0.717) is 24.4 Å². The fraction of sp³-hybridized carbons (Fsp3) is 0.480. The maximum Gasteiger partial charge on any atom is 0.407 e. The van der Waals surface area contributed by atoms with Gasteiger partial charge in [-0.15, -0.1) is 0 Å². The molecule has 3 aromatic rings. The molecule has 2 atom stereocenters. The molecular formula is C25H29F3N2O4. The molecule has 0 amide bonds. The van der Waals surface area contributed by atoms with E-state index in [1.165, 1.54) is 19.2 Å². The van der Waals surface area contributed by atoms with E-state index in [1.807, 2.05) is 32.0 Å². The molecule has 1 fully saturated rings. The number of hydrogen-bond donors (Lipinski definition) is 1. The number of halogens is 3. The Morgan fingerprint density at radius 2 is 1.82 bits per heavy atom. The molecule has 1 N–H and O–H groups in total. The van der Waals surface area contributed by atoms with Crippen LogP contribution in [0.1, 0.15) is 31.9 Å². The van der Waals surface area contributed by atoms with Crippen LogP contribution in [0.2, 0.25) is 0 Å². The summed E-state index contributed by atoms with van der Waals surface area (Å²) in [5.41, 5.74) is 1.96. The number of benzene rings is 2. The van der Waals surface area contributed by atoms with Gasteiger partial charge >= 0.3 is 12.1 Å². The number of anilines is 1. The number of nitrogens with zero attached hydrogens (tertiary/aromatic N) is 1. The predicted molar refractivity (Wildman–Crippen MR) is 124 cm³/mol. The predicted octanol–water partition coefficient (Wildman–Crippen LogP) is 5.20. The van der Waals surface area contributed by atoms with Crippen LogP contribution in [0, 0.1) is 5.92 Å². The number of alkyl halides is 3. The van der Waals surface area contributed by atoms with Crippen molar-refractivity contribution in [3.63, 3.8) is 0 Å². The number of nitrogens with one attached hydrogen (secondary N) is 1. The third-order valence-electron chi connectivity index (χ3n) is 6.08. The molecule has 0 bridgehead atoms. The zero-order chi connectivity index (χ0) is 24.5. The lowest BCUT2D eigenvalue weighted by molar-refractivity contribution is -0.164. The van der Waals surface area contributed by atoms with Crippen LogP contribution in [0.5, 0.6) is 0 Å². The second kappa shape index (κ2) is 9.84. The number of esters is 1. The molecule has 4 rings (SSSR count). The topological polar surface area (TPSA) is 63.9 Å². The molecule has 0 saturated carbocycles. The number of ether oxygens (including phenoxy) is 2. The molecule has 0 aliphatic carbocycles. The quantitative estimate of drug-likeness (QED) is 0.471. The fourth-order valence-corrected chi connectivity index (χ4v) is 4.41. The first-order chi connectivity index (χ1) is 16.2. The van der Waals surface area contributed by atoms with Crippen molar-refractivity contribution in [1.29, 1.82) is 0 Å². The van der Waals surface area contributed by atoms with Gasteiger partial charge in [0.15, 0.2) is 0 Å². The van der Waals surface area contributed by atoms with Gasteiger partial charge in [-0.3, -0.25) is 10.1 Å². The van der Waals surface area contributed by atoms with Crippen molar-refractivity contribution in [2.24, 2.45) is 5.92 Å². The standard InChI is InChI=1S/C25H29F3N2O4/c1-15(2)12-20(24(31)32-3)29-23(25(26,27)28)16-4-6-18-19-14-17(30-8-10-33-11-9-30)5-7-21(19)34-22(18)13-16/h4-7,13-15,20,23,29H,8-12H2,1-3H3. The summed E-state index contributed by atoms with van der Waals surface area (Å²) >= 11 is 0. The molecule has 1 aliphatic rings. The second-order valence-electron chi connectivity index (χ2n) is 8.98. The van der Waals surface area contributed by atoms with Crippen LogP contribution in [-0.2, 0) is 14.3 Å². The van der Waals surface area contributed by atoms with E-state index in [1.54, 1.807) is 6.07 Å². The Hall–Kier alpha value is -2.78. The average Bonchev–Trinajstić information content (AvgIpc) is 3.17. The van der Waals surface area contributed by atoms with E-state index >= 15 is 0 Å². The fourth-order valence-electron chi connectivity index (χ4n) is 4.41. The number of fused-ring (bicyclic) bond motifs is 3. The van der Waals surface area contributed by atoms with Crippen molar-refractivity contribution in [2.45, 2.75) is 38.5 Å². The normalized spacial score (nSPS) is 16.9. The molecule has 6 nitrogen and oxygen atoms in total. The number of carbonyl (C=O) groups is 1. The lowest BCUT2D eigenvalue weighted by Gasteiger charge is -2.28. The van der Waals surface area contributed by atoms with Crippen LogP contribution in [0.4, 0.5) is 18.9 Å². The Kier molecular flexibility index (Phi) is 7.04. The summed E-state index contributed by atoms with van der Waals surface area (Å²) in [4.78, 5) is 14.4. The van der Waals surface area contributed by atoms with Gasteiger partial charge in [0.25, 0.3) is 0 Å². The molecule has 34 heavy (non-hydrogen) atoms. The molecule has 0 radical (unpaired) electrons. The van der Waals surface area contributed by atoms with Crippen molar-refractivity contribution >= 4 is 33.6 Å². The van der Waals surface area contributed by atoms with Crippen LogP contribution >= 0.6 is 0 Å². The van der Waals surface area contributed by atoms with E-state index in [-0.39, 0.29) is 17.9 Å². The van der Waals surface area contributed by atoms with Crippen molar-refractivity contribution < 1.29 is 31.9 Å². The third-order valence-corrected chi connectivity index (χ3v) is 6.08. The lowest BCUT2D eigenvalue weighted by atomic mass is 9.99. The largest absolute Gasteiger partial charge is 0.468 e. The van der Waals surface area contributed by atoms with E-state index in [0.717, 1.165) is 29.5 Å². The molecule has 1 aromatic heterocycles. The number of methoxy groups -OCH3 is 1. The summed E-state index contributed by atoms with van der Waals surface area (Å²) in [6.45, 7) is 6.55. The Morgan fingerprint density at radius 1 is 1.09 bits per heavy atom. The zero-order valence-corrected chi connectivity index (χ0v) is 19.4. The number of furan rings is 1. The minimum absolute atomic E-state index is 0.00370. The van der Waals surface area contributed by atoms with Gasteiger partial charge in [0, 0.05) is 29.5 Å². The van der Waals surface area contributed by atoms with Crippen molar-refractivity contribution in [1.82, 2.24) is 5.32 Å². The Morgan fingerprint density at radius 3 is 2.47 bits per heavy atom. The molecular weight excluding hydrogens is 449 g/mol. The van der Waals surface area contributed by atoms with Crippen LogP contribution in [-0.4, -0.2) is 51.6 Å². The molecule has 2 heterocycles. The molecule has 2 aromatic carbocycles. The average molecular weight is 479 g/mol. The first-order valence-corrected chi connectivity index (χ1v) is 11.4. The van der Waals surface area contributed by atoms with Crippen molar-refractivity contribution in [2.75, 3.05) is 38.3 Å². The minimum Gasteiger partial charge on any atom is -0.468 e. The van der Waals surface area contributed by atoms with Crippen LogP contribution < -0.4 is 10.2 Å².